The Hall–Kier alpha value is -2.76. The number of benzene rings is 1. The molecule has 0 unspecified atom stereocenters. The standard InChI is InChI=1S/C22H20N2O4/c1-27-21(25)19-17-13-8-14(18(17)20(24-23-19)22(26)28-2)16-12-7-11(15(13)16)9-5-3-4-6-10(9)12/h3-6,11-16H,7-8H2,1-2H3/t11-,12+,13-,14+,15-,16+. The van der Waals surface area contributed by atoms with Gasteiger partial charge in [-0.3, -0.25) is 0 Å². The zero-order chi connectivity index (χ0) is 19.2. The van der Waals surface area contributed by atoms with E-state index in [1.54, 1.807) is 0 Å². The molecule has 6 rings (SSSR count). The molecule has 1 heterocycles. The smallest absolute Gasteiger partial charge is 0.358 e. The first-order valence-electron chi connectivity index (χ1n) is 9.81. The van der Waals surface area contributed by atoms with Crippen LogP contribution in [0.4, 0.5) is 0 Å². The van der Waals surface area contributed by atoms with Crippen LogP contribution >= 0.6 is 0 Å². The Bertz CT molecular complexity index is 969. The van der Waals surface area contributed by atoms with E-state index < -0.39 is 11.9 Å². The molecular weight excluding hydrogens is 356 g/mol. The van der Waals surface area contributed by atoms with Crippen molar-refractivity contribution in [3.63, 3.8) is 0 Å². The van der Waals surface area contributed by atoms with E-state index in [4.69, 9.17) is 9.47 Å². The average molecular weight is 376 g/mol. The van der Waals surface area contributed by atoms with Crippen LogP contribution in [-0.4, -0.2) is 36.4 Å². The van der Waals surface area contributed by atoms with Crippen molar-refractivity contribution in [3.05, 3.63) is 57.9 Å². The molecule has 28 heavy (non-hydrogen) atoms. The number of aromatic nitrogens is 2. The Morgan fingerprint density at radius 1 is 0.786 bits per heavy atom. The Morgan fingerprint density at radius 2 is 1.21 bits per heavy atom. The van der Waals surface area contributed by atoms with Crippen LogP contribution in [0.1, 0.15) is 79.7 Å². The molecule has 0 spiro atoms. The van der Waals surface area contributed by atoms with E-state index >= 15 is 0 Å². The summed E-state index contributed by atoms with van der Waals surface area (Å²) >= 11 is 0. The summed E-state index contributed by atoms with van der Waals surface area (Å²) in [6.07, 6.45) is 2.12. The summed E-state index contributed by atoms with van der Waals surface area (Å²) in [5.41, 5.74) is 5.26. The van der Waals surface area contributed by atoms with Crippen molar-refractivity contribution in [2.45, 2.75) is 36.5 Å². The number of hydrogen-bond donors (Lipinski definition) is 0. The molecule has 0 amide bonds. The predicted octanol–water partition coefficient (Wildman–Crippen LogP) is 3.15. The van der Waals surface area contributed by atoms with Crippen LogP contribution in [0.5, 0.6) is 0 Å². The lowest BCUT2D eigenvalue weighted by Gasteiger charge is -2.37. The van der Waals surface area contributed by atoms with Crippen LogP contribution in [0.3, 0.4) is 0 Å². The van der Waals surface area contributed by atoms with E-state index in [2.05, 4.69) is 34.5 Å². The van der Waals surface area contributed by atoms with Crippen LogP contribution in [0.15, 0.2) is 24.3 Å². The van der Waals surface area contributed by atoms with Crippen molar-refractivity contribution in [2.75, 3.05) is 14.2 Å². The van der Waals surface area contributed by atoms with Gasteiger partial charge in [-0.25, -0.2) is 9.59 Å². The van der Waals surface area contributed by atoms with Crippen LogP contribution < -0.4 is 0 Å². The second-order valence-corrected chi connectivity index (χ2v) is 8.39. The van der Waals surface area contributed by atoms with Crippen molar-refractivity contribution in [1.29, 1.82) is 0 Å². The maximum absolute atomic E-state index is 12.4. The fraction of sp³-hybridized carbons (Fsp3) is 0.455. The molecule has 142 valence electrons. The monoisotopic (exact) mass is 376 g/mol. The van der Waals surface area contributed by atoms with Crippen LogP contribution in [0, 0.1) is 11.8 Å². The summed E-state index contributed by atoms with van der Waals surface area (Å²) < 4.78 is 9.94. The number of hydrogen-bond acceptors (Lipinski definition) is 6. The minimum atomic E-state index is -0.479. The summed E-state index contributed by atoms with van der Waals surface area (Å²) in [6.45, 7) is 0. The molecule has 2 fully saturated rings. The number of esters is 2. The maximum Gasteiger partial charge on any atom is 0.358 e. The molecule has 6 heteroatoms. The molecule has 1 aromatic heterocycles. The molecule has 4 aliphatic carbocycles. The molecule has 0 N–H and O–H groups in total. The van der Waals surface area contributed by atoms with Gasteiger partial charge in [0.2, 0.25) is 0 Å². The van der Waals surface area contributed by atoms with E-state index in [1.807, 2.05) is 0 Å². The fourth-order valence-corrected chi connectivity index (χ4v) is 6.99. The number of carbonyl (C=O) groups is 2. The Morgan fingerprint density at radius 3 is 1.64 bits per heavy atom. The van der Waals surface area contributed by atoms with Gasteiger partial charge in [0.05, 0.1) is 14.2 Å². The molecule has 2 aromatic rings. The molecule has 0 aliphatic heterocycles. The highest BCUT2D eigenvalue weighted by molar-refractivity contribution is 5.94. The lowest BCUT2D eigenvalue weighted by molar-refractivity contribution is 0.0569. The highest BCUT2D eigenvalue weighted by atomic mass is 16.5. The Kier molecular flexibility index (Phi) is 3.13. The van der Waals surface area contributed by atoms with Crippen molar-refractivity contribution in [3.8, 4) is 0 Å². The van der Waals surface area contributed by atoms with Gasteiger partial charge in [0.1, 0.15) is 0 Å². The Balaban J connectivity index is 1.55. The zero-order valence-electron chi connectivity index (χ0n) is 15.7. The second-order valence-electron chi connectivity index (χ2n) is 8.39. The largest absolute Gasteiger partial charge is 0.464 e. The van der Waals surface area contributed by atoms with Gasteiger partial charge in [0.15, 0.2) is 11.4 Å². The van der Waals surface area contributed by atoms with Crippen LogP contribution in [0.25, 0.3) is 0 Å². The first-order chi connectivity index (χ1) is 13.7. The van der Waals surface area contributed by atoms with E-state index in [0.29, 0.717) is 23.7 Å². The second kappa shape index (κ2) is 5.40. The van der Waals surface area contributed by atoms with Gasteiger partial charge < -0.3 is 9.47 Å². The van der Waals surface area contributed by atoms with Gasteiger partial charge in [-0.1, -0.05) is 24.3 Å². The van der Waals surface area contributed by atoms with Gasteiger partial charge in [-0.2, -0.15) is 0 Å². The lowest BCUT2D eigenvalue weighted by atomic mass is 9.66. The minimum Gasteiger partial charge on any atom is -0.464 e. The third kappa shape index (κ3) is 1.74. The van der Waals surface area contributed by atoms with E-state index in [9.17, 15) is 9.59 Å². The van der Waals surface area contributed by atoms with Gasteiger partial charge in [0, 0.05) is 0 Å². The van der Waals surface area contributed by atoms with Crippen molar-refractivity contribution in [1.82, 2.24) is 10.2 Å². The maximum atomic E-state index is 12.4. The number of fused-ring (bicyclic) bond motifs is 15. The van der Waals surface area contributed by atoms with Gasteiger partial charge in [-0.05, 0) is 70.6 Å². The highest BCUT2D eigenvalue weighted by Gasteiger charge is 2.64. The fourth-order valence-electron chi connectivity index (χ4n) is 6.99. The van der Waals surface area contributed by atoms with E-state index in [-0.39, 0.29) is 23.2 Å². The number of methoxy groups -OCH3 is 2. The topological polar surface area (TPSA) is 78.4 Å². The predicted molar refractivity (Wildman–Crippen MR) is 98.3 cm³/mol. The Labute approximate surface area is 162 Å². The SMILES string of the molecule is COC(=O)c1nnc(C(=O)OC)c2c1[C@H]1C[C@@H]2[C@@H]2[C@H]1[C@H]1C[C@@H]2c2ccccc21. The average Bonchev–Trinajstić information content (AvgIpc) is 3.48. The van der Waals surface area contributed by atoms with E-state index in [0.717, 1.165) is 24.0 Å². The number of carbonyl (C=O) groups excluding carboxylic acids is 2. The molecule has 1 aromatic carbocycles. The molecule has 0 saturated heterocycles. The molecule has 4 aliphatic rings. The van der Waals surface area contributed by atoms with E-state index in [1.165, 1.54) is 25.3 Å². The first-order valence-corrected chi connectivity index (χ1v) is 9.81. The summed E-state index contributed by atoms with van der Waals surface area (Å²) in [5, 5.41) is 8.21. The first kappa shape index (κ1) is 16.2. The summed E-state index contributed by atoms with van der Waals surface area (Å²) in [4.78, 5) is 24.8. The molecule has 6 nitrogen and oxygen atoms in total. The van der Waals surface area contributed by atoms with Crippen molar-refractivity contribution < 1.29 is 19.1 Å². The van der Waals surface area contributed by atoms with Crippen LogP contribution in [-0.2, 0) is 9.47 Å². The summed E-state index contributed by atoms with van der Waals surface area (Å²) in [5.74, 6) is 1.53. The van der Waals surface area contributed by atoms with Gasteiger partial charge in [-0.15, -0.1) is 10.2 Å². The third-order valence-electron chi connectivity index (χ3n) is 7.66. The van der Waals surface area contributed by atoms with Gasteiger partial charge >= 0.3 is 11.9 Å². The molecule has 0 radical (unpaired) electrons. The summed E-state index contributed by atoms with van der Waals surface area (Å²) in [7, 11) is 2.71. The zero-order valence-corrected chi connectivity index (χ0v) is 15.7. The quantitative estimate of drug-likeness (QED) is 0.592. The molecular formula is C22H20N2O4. The van der Waals surface area contributed by atoms with Crippen molar-refractivity contribution >= 4 is 11.9 Å². The minimum absolute atomic E-state index is 0.223. The normalized spacial score (nSPS) is 32.6. The van der Waals surface area contributed by atoms with Gasteiger partial charge in [0.25, 0.3) is 0 Å². The number of nitrogens with zero attached hydrogens (tertiary/aromatic N) is 2. The van der Waals surface area contributed by atoms with Crippen LogP contribution in [0.2, 0.25) is 0 Å². The van der Waals surface area contributed by atoms with Crippen molar-refractivity contribution in [2.24, 2.45) is 11.8 Å². The number of rotatable bonds is 2. The molecule has 6 atom stereocenters. The third-order valence-corrected chi connectivity index (χ3v) is 7.66. The number of ether oxygens (including phenoxy) is 2. The summed E-state index contributed by atoms with van der Waals surface area (Å²) in [6, 6.07) is 8.76. The highest BCUT2D eigenvalue weighted by Crippen LogP contribution is 2.75. The molecule has 2 saturated carbocycles. The molecule has 4 bridgehead atoms. The lowest BCUT2D eigenvalue weighted by Crippen LogP contribution is -2.30.